The summed E-state index contributed by atoms with van der Waals surface area (Å²) in [7, 11) is 0. The number of hydrogen-bond acceptors (Lipinski definition) is 4. The maximum absolute atomic E-state index is 13.7. The fraction of sp³-hybridized carbons (Fsp3) is 0.333. The molecule has 2 aromatic carbocycles. The molecule has 4 rings (SSSR count). The number of nitrogens with zero attached hydrogens (tertiary/aromatic N) is 3. The van der Waals surface area contributed by atoms with Gasteiger partial charge in [0.25, 0.3) is 11.8 Å². The third kappa shape index (κ3) is 4.69. The lowest BCUT2D eigenvalue weighted by atomic mass is 9.93. The van der Waals surface area contributed by atoms with E-state index < -0.39 is 11.4 Å². The van der Waals surface area contributed by atoms with Crippen molar-refractivity contribution in [2.24, 2.45) is 0 Å². The molecule has 8 nitrogen and oxygen atoms in total. The Hall–Kier alpha value is -3.94. The van der Waals surface area contributed by atoms with Gasteiger partial charge >= 0.3 is 0 Å². The summed E-state index contributed by atoms with van der Waals surface area (Å²) >= 11 is 0. The summed E-state index contributed by atoms with van der Waals surface area (Å²) in [5.41, 5.74) is 1.82. The average Bonchev–Trinajstić information content (AvgIpc) is 3.29. The van der Waals surface area contributed by atoms with Crippen molar-refractivity contribution < 1.29 is 14.4 Å². The van der Waals surface area contributed by atoms with E-state index in [0.717, 1.165) is 17.5 Å². The second-order valence-electron chi connectivity index (χ2n) is 8.93. The highest BCUT2D eigenvalue weighted by atomic mass is 16.2. The number of rotatable bonds is 8. The van der Waals surface area contributed by atoms with Crippen LogP contribution in [0, 0.1) is 0 Å². The average molecular weight is 474 g/mol. The van der Waals surface area contributed by atoms with Gasteiger partial charge in [0.05, 0.1) is 12.9 Å². The molecule has 1 aliphatic heterocycles. The molecule has 0 bridgehead atoms. The summed E-state index contributed by atoms with van der Waals surface area (Å²) in [5.74, 6) is -1.06. The fourth-order valence-corrected chi connectivity index (χ4v) is 4.53. The van der Waals surface area contributed by atoms with Crippen LogP contribution < -0.4 is 10.6 Å². The number of fused-ring (bicyclic) bond motifs is 1. The normalized spacial score (nSPS) is 17.1. The van der Waals surface area contributed by atoms with E-state index in [1.54, 1.807) is 16.4 Å². The Labute approximate surface area is 205 Å². The number of para-hydroxylation sites is 1. The highest BCUT2D eigenvalue weighted by Gasteiger charge is 2.48. The van der Waals surface area contributed by atoms with Gasteiger partial charge in [-0.1, -0.05) is 62.4 Å². The molecule has 2 heterocycles. The standard InChI is InChI=1S/C27H31N5O3/c1-4-15-32-25(34)23-22(24(33)30-21-14-10-9-13-20(21)5-2)29-18-31(23)17-27(32,3)26(35)28-16-19-11-7-6-8-12-19/h6-14,18H,4-5,15-17H2,1-3H3,(H,28,35)(H,30,33). The molecule has 8 heteroatoms. The smallest absolute Gasteiger partial charge is 0.276 e. The van der Waals surface area contributed by atoms with E-state index in [0.29, 0.717) is 25.2 Å². The van der Waals surface area contributed by atoms with Crippen molar-refractivity contribution in [2.75, 3.05) is 11.9 Å². The third-order valence-electron chi connectivity index (χ3n) is 6.45. The molecule has 0 spiro atoms. The van der Waals surface area contributed by atoms with Crippen LogP contribution in [0.4, 0.5) is 5.69 Å². The number of anilines is 1. The predicted molar refractivity (Wildman–Crippen MR) is 134 cm³/mol. The van der Waals surface area contributed by atoms with Crippen LogP contribution >= 0.6 is 0 Å². The minimum Gasteiger partial charge on any atom is -0.350 e. The van der Waals surface area contributed by atoms with E-state index in [1.807, 2.05) is 68.4 Å². The van der Waals surface area contributed by atoms with E-state index in [1.165, 1.54) is 6.33 Å². The van der Waals surface area contributed by atoms with E-state index in [-0.39, 0.29) is 29.7 Å². The lowest BCUT2D eigenvalue weighted by Gasteiger charge is -2.43. The Balaban J connectivity index is 1.60. The van der Waals surface area contributed by atoms with Gasteiger partial charge in [-0.25, -0.2) is 4.98 Å². The Morgan fingerprint density at radius 3 is 2.49 bits per heavy atom. The van der Waals surface area contributed by atoms with Crippen LogP contribution in [0.3, 0.4) is 0 Å². The zero-order chi connectivity index (χ0) is 25.0. The van der Waals surface area contributed by atoms with Crippen LogP contribution in [0.25, 0.3) is 0 Å². The van der Waals surface area contributed by atoms with Crippen molar-refractivity contribution in [3.8, 4) is 0 Å². The van der Waals surface area contributed by atoms with Gasteiger partial charge in [0.15, 0.2) is 5.69 Å². The van der Waals surface area contributed by atoms with Gasteiger partial charge in [0.2, 0.25) is 5.91 Å². The Kier molecular flexibility index (Phi) is 7.00. The number of benzene rings is 2. The number of amides is 3. The maximum Gasteiger partial charge on any atom is 0.276 e. The van der Waals surface area contributed by atoms with Gasteiger partial charge in [-0.15, -0.1) is 0 Å². The lowest BCUT2D eigenvalue weighted by Crippen LogP contribution is -2.64. The first kappa shape index (κ1) is 24.2. The summed E-state index contributed by atoms with van der Waals surface area (Å²) in [6.45, 7) is 6.70. The van der Waals surface area contributed by atoms with E-state index in [2.05, 4.69) is 15.6 Å². The molecule has 0 radical (unpaired) electrons. The van der Waals surface area contributed by atoms with Crippen molar-refractivity contribution in [1.29, 1.82) is 0 Å². The summed E-state index contributed by atoms with van der Waals surface area (Å²) in [6.07, 6.45) is 2.91. The molecular formula is C27H31N5O3. The SMILES string of the molecule is CCCN1C(=O)c2c(C(=O)Nc3ccccc3CC)ncn2CC1(C)C(=O)NCc1ccccc1. The van der Waals surface area contributed by atoms with E-state index in [4.69, 9.17) is 0 Å². The molecule has 3 aromatic rings. The van der Waals surface area contributed by atoms with Crippen molar-refractivity contribution in [2.45, 2.75) is 52.2 Å². The van der Waals surface area contributed by atoms with Gasteiger partial charge in [0.1, 0.15) is 11.2 Å². The summed E-state index contributed by atoms with van der Waals surface area (Å²) in [5, 5.41) is 5.88. The second kappa shape index (κ2) is 10.1. The molecule has 0 fully saturated rings. The van der Waals surface area contributed by atoms with Crippen molar-refractivity contribution in [3.63, 3.8) is 0 Å². The van der Waals surface area contributed by atoms with E-state index >= 15 is 0 Å². The molecule has 0 saturated carbocycles. The highest BCUT2D eigenvalue weighted by Crippen LogP contribution is 2.30. The van der Waals surface area contributed by atoms with Gasteiger partial charge in [-0.05, 0) is 37.0 Å². The fourth-order valence-electron chi connectivity index (χ4n) is 4.53. The molecule has 1 aromatic heterocycles. The largest absolute Gasteiger partial charge is 0.350 e. The maximum atomic E-state index is 13.7. The summed E-state index contributed by atoms with van der Waals surface area (Å²) in [4.78, 5) is 46.0. The number of carbonyl (C=O) groups is 3. The molecule has 35 heavy (non-hydrogen) atoms. The van der Waals surface area contributed by atoms with Gasteiger partial charge in [-0.3, -0.25) is 14.4 Å². The predicted octanol–water partition coefficient (Wildman–Crippen LogP) is 3.64. The van der Waals surface area contributed by atoms with Crippen LogP contribution in [-0.2, 0) is 24.3 Å². The molecular weight excluding hydrogens is 442 g/mol. The zero-order valence-corrected chi connectivity index (χ0v) is 20.4. The quantitative estimate of drug-likeness (QED) is 0.522. The highest BCUT2D eigenvalue weighted by molar-refractivity contribution is 6.11. The molecule has 0 saturated heterocycles. The first-order chi connectivity index (χ1) is 16.9. The molecule has 0 aliphatic carbocycles. The Bertz CT molecular complexity index is 1240. The molecule has 182 valence electrons. The number of aryl methyl sites for hydroxylation is 1. The van der Waals surface area contributed by atoms with Crippen LogP contribution in [0.2, 0.25) is 0 Å². The van der Waals surface area contributed by atoms with Gasteiger partial charge in [0, 0.05) is 18.8 Å². The summed E-state index contributed by atoms with van der Waals surface area (Å²) < 4.78 is 1.62. The number of imidazole rings is 1. The number of nitrogens with one attached hydrogen (secondary N) is 2. The van der Waals surface area contributed by atoms with Crippen molar-refractivity contribution in [3.05, 3.63) is 83.4 Å². The minimum absolute atomic E-state index is 0.0637. The van der Waals surface area contributed by atoms with Crippen LogP contribution in [0.15, 0.2) is 60.9 Å². The Morgan fingerprint density at radius 1 is 1.06 bits per heavy atom. The monoisotopic (exact) mass is 473 g/mol. The Morgan fingerprint density at radius 2 is 1.77 bits per heavy atom. The van der Waals surface area contributed by atoms with Gasteiger partial charge in [-0.2, -0.15) is 0 Å². The number of aromatic nitrogens is 2. The second-order valence-corrected chi connectivity index (χ2v) is 8.93. The number of hydrogen-bond donors (Lipinski definition) is 2. The van der Waals surface area contributed by atoms with Crippen molar-refractivity contribution in [1.82, 2.24) is 19.8 Å². The summed E-state index contributed by atoms with van der Waals surface area (Å²) in [6, 6.07) is 17.2. The van der Waals surface area contributed by atoms with Crippen molar-refractivity contribution >= 4 is 23.4 Å². The molecule has 1 unspecified atom stereocenters. The molecule has 1 aliphatic rings. The first-order valence-corrected chi connectivity index (χ1v) is 12.0. The zero-order valence-electron chi connectivity index (χ0n) is 20.4. The lowest BCUT2D eigenvalue weighted by molar-refractivity contribution is -0.133. The topological polar surface area (TPSA) is 96.3 Å². The molecule has 1 atom stereocenters. The van der Waals surface area contributed by atoms with Crippen LogP contribution in [0.1, 0.15) is 59.3 Å². The van der Waals surface area contributed by atoms with E-state index in [9.17, 15) is 14.4 Å². The molecule has 2 N–H and O–H groups in total. The van der Waals surface area contributed by atoms with Gasteiger partial charge < -0.3 is 20.1 Å². The third-order valence-corrected chi connectivity index (χ3v) is 6.45. The minimum atomic E-state index is -1.11. The first-order valence-electron chi connectivity index (χ1n) is 12.0. The number of carbonyl (C=O) groups excluding carboxylic acids is 3. The van der Waals surface area contributed by atoms with Crippen LogP contribution in [-0.4, -0.2) is 44.3 Å². The van der Waals surface area contributed by atoms with Crippen LogP contribution in [0.5, 0.6) is 0 Å². The molecule has 3 amide bonds.